The number of nitrogens with zero attached hydrogens (tertiary/aromatic N) is 4. The molecule has 0 fully saturated rings. The third-order valence-corrected chi connectivity index (χ3v) is 6.17. The smallest absolute Gasteiger partial charge is 0.407 e. The summed E-state index contributed by atoms with van der Waals surface area (Å²) in [5.74, 6) is 0.661. The van der Waals surface area contributed by atoms with Gasteiger partial charge in [0.25, 0.3) is 0 Å². The first-order valence-electron chi connectivity index (χ1n) is 9.54. The number of thiazole rings is 1. The lowest BCUT2D eigenvalue weighted by atomic mass is 10.1. The van der Waals surface area contributed by atoms with Crippen molar-refractivity contribution in [1.29, 1.82) is 0 Å². The normalized spacial score (nSPS) is 14.0. The number of hydrogen-bond acceptors (Lipinski definition) is 6. The SMILES string of the molecule is O=C(O)N1CC=C(c2cc3c(Nc4cc(Cl)cc(-c5cncs5)c4)ncnc3[nH]2)CC1. The van der Waals surface area contributed by atoms with Crippen molar-refractivity contribution in [3.63, 3.8) is 0 Å². The minimum atomic E-state index is -0.900. The molecular formula is C21H17ClN6O2S. The molecule has 31 heavy (non-hydrogen) atoms. The molecule has 156 valence electrons. The average Bonchev–Trinajstić information content (AvgIpc) is 3.44. The highest BCUT2D eigenvalue weighted by molar-refractivity contribution is 7.13. The summed E-state index contributed by atoms with van der Waals surface area (Å²) in [4.78, 5) is 29.8. The second kappa shape index (κ2) is 8.01. The van der Waals surface area contributed by atoms with E-state index in [0.29, 0.717) is 36.0 Å². The van der Waals surface area contributed by atoms with Crippen LogP contribution >= 0.6 is 22.9 Å². The van der Waals surface area contributed by atoms with Crippen LogP contribution in [0.4, 0.5) is 16.3 Å². The summed E-state index contributed by atoms with van der Waals surface area (Å²) in [5, 5.41) is 13.9. The number of rotatable bonds is 4. The van der Waals surface area contributed by atoms with E-state index in [1.807, 2.05) is 36.5 Å². The van der Waals surface area contributed by atoms with Gasteiger partial charge in [-0.25, -0.2) is 14.8 Å². The summed E-state index contributed by atoms with van der Waals surface area (Å²) in [6, 6.07) is 7.75. The van der Waals surface area contributed by atoms with Gasteiger partial charge in [0.05, 0.1) is 15.8 Å². The van der Waals surface area contributed by atoms with Crippen LogP contribution in [0, 0.1) is 0 Å². The van der Waals surface area contributed by atoms with Crippen molar-refractivity contribution < 1.29 is 9.90 Å². The van der Waals surface area contributed by atoms with Gasteiger partial charge in [0.2, 0.25) is 0 Å². The predicted molar refractivity (Wildman–Crippen MR) is 122 cm³/mol. The summed E-state index contributed by atoms with van der Waals surface area (Å²) in [7, 11) is 0. The van der Waals surface area contributed by atoms with Crippen LogP contribution in [0.25, 0.3) is 27.0 Å². The standard InChI is InChI=1S/C21H17ClN6O2S/c22-14-5-13(18-9-23-11-31-18)6-15(7-14)26-19-16-8-17(27-20(16)25-10-24-19)12-1-3-28(4-2-12)21(29)30/h1,5-11H,2-4H2,(H,29,30)(H2,24,25,26,27). The minimum absolute atomic E-state index is 0.375. The fourth-order valence-electron chi connectivity index (χ4n) is 3.60. The molecule has 1 amide bonds. The van der Waals surface area contributed by atoms with E-state index in [4.69, 9.17) is 16.7 Å². The molecule has 5 rings (SSSR count). The van der Waals surface area contributed by atoms with Crippen LogP contribution in [0.2, 0.25) is 5.02 Å². The highest BCUT2D eigenvalue weighted by Crippen LogP contribution is 2.33. The fraction of sp³-hybridized carbons (Fsp3) is 0.143. The third-order valence-electron chi connectivity index (χ3n) is 5.13. The Kier molecular flexibility index (Phi) is 5.05. The van der Waals surface area contributed by atoms with Gasteiger partial charge in [-0.1, -0.05) is 17.7 Å². The lowest BCUT2D eigenvalue weighted by molar-refractivity contribution is 0.150. The first-order chi connectivity index (χ1) is 15.1. The molecule has 1 aromatic carbocycles. The van der Waals surface area contributed by atoms with Crippen molar-refractivity contribution in [2.24, 2.45) is 0 Å². The largest absolute Gasteiger partial charge is 0.465 e. The van der Waals surface area contributed by atoms with E-state index in [9.17, 15) is 4.79 Å². The molecule has 1 aliphatic heterocycles. The molecule has 0 aliphatic carbocycles. The van der Waals surface area contributed by atoms with Crippen LogP contribution in [0.1, 0.15) is 12.1 Å². The molecule has 0 atom stereocenters. The number of H-pyrrole nitrogens is 1. The van der Waals surface area contributed by atoms with Crippen molar-refractivity contribution in [2.75, 3.05) is 18.4 Å². The quantitative estimate of drug-likeness (QED) is 0.390. The zero-order valence-electron chi connectivity index (χ0n) is 16.2. The average molecular weight is 453 g/mol. The third kappa shape index (κ3) is 3.97. The topological polar surface area (TPSA) is 107 Å². The lowest BCUT2D eigenvalue weighted by Crippen LogP contribution is -2.33. The molecule has 0 saturated carbocycles. The number of hydrogen-bond donors (Lipinski definition) is 3. The molecule has 4 heterocycles. The van der Waals surface area contributed by atoms with Crippen LogP contribution < -0.4 is 5.32 Å². The van der Waals surface area contributed by atoms with Crippen LogP contribution in [-0.4, -0.2) is 49.1 Å². The van der Waals surface area contributed by atoms with E-state index in [-0.39, 0.29) is 0 Å². The molecule has 0 bridgehead atoms. The van der Waals surface area contributed by atoms with E-state index in [0.717, 1.165) is 32.8 Å². The van der Waals surface area contributed by atoms with E-state index < -0.39 is 6.09 Å². The maximum atomic E-state index is 11.1. The van der Waals surface area contributed by atoms with Crippen LogP contribution in [0.3, 0.4) is 0 Å². The van der Waals surface area contributed by atoms with Gasteiger partial charge in [-0.05, 0) is 41.8 Å². The van der Waals surface area contributed by atoms with E-state index in [1.54, 1.807) is 16.8 Å². The number of aromatic nitrogens is 4. The molecule has 1 aliphatic rings. The molecule has 3 N–H and O–H groups in total. The number of anilines is 2. The zero-order chi connectivity index (χ0) is 21.4. The number of benzene rings is 1. The maximum Gasteiger partial charge on any atom is 0.407 e. The second-order valence-corrected chi connectivity index (χ2v) is 8.42. The Bertz CT molecular complexity index is 1300. The minimum Gasteiger partial charge on any atom is -0.465 e. The van der Waals surface area contributed by atoms with Gasteiger partial charge < -0.3 is 20.3 Å². The molecule has 0 saturated heterocycles. The maximum absolute atomic E-state index is 11.1. The number of nitrogens with one attached hydrogen (secondary N) is 2. The molecule has 8 nitrogen and oxygen atoms in total. The molecule has 0 radical (unpaired) electrons. The molecule has 4 aromatic rings. The van der Waals surface area contributed by atoms with Crippen molar-refractivity contribution >= 4 is 57.1 Å². The number of amides is 1. The van der Waals surface area contributed by atoms with Crippen molar-refractivity contribution in [1.82, 2.24) is 24.8 Å². The van der Waals surface area contributed by atoms with Crippen LogP contribution in [0.5, 0.6) is 0 Å². The first-order valence-corrected chi connectivity index (χ1v) is 10.8. The van der Waals surface area contributed by atoms with Gasteiger partial charge in [-0.15, -0.1) is 11.3 Å². The van der Waals surface area contributed by atoms with Crippen molar-refractivity contribution in [3.8, 4) is 10.4 Å². The summed E-state index contributed by atoms with van der Waals surface area (Å²) in [6.45, 7) is 0.843. The zero-order valence-corrected chi connectivity index (χ0v) is 17.7. The Morgan fingerprint density at radius 3 is 2.90 bits per heavy atom. The Labute approximate surface area is 186 Å². The summed E-state index contributed by atoms with van der Waals surface area (Å²) >= 11 is 7.89. The number of fused-ring (bicyclic) bond motifs is 1. The van der Waals surface area contributed by atoms with E-state index in [2.05, 4.69) is 25.3 Å². The van der Waals surface area contributed by atoms with Crippen molar-refractivity contribution in [2.45, 2.75) is 6.42 Å². The van der Waals surface area contributed by atoms with Gasteiger partial charge in [-0.3, -0.25) is 4.98 Å². The van der Waals surface area contributed by atoms with Crippen LogP contribution in [-0.2, 0) is 0 Å². The van der Waals surface area contributed by atoms with Gasteiger partial charge in [0.1, 0.15) is 17.8 Å². The van der Waals surface area contributed by atoms with E-state index >= 15 is 0 Å². The number of carbonyl (C=O) groups is 1. The van der Waals surface area contributed by atoms with E-state index in [1.165, 1.54) is 11.2 Å². The van der Waals surface area contributed by atoms with Gasteiger partial charge in [0.15, 0.2) is 0 Å². The molecule has 0 spiro atoms. The van der Waals surface area contributed by atoms with Gasteiger partial charge in [-0.2, -0.15) is 0 Å². The predicted octanol–water partition coefficient (Wildman–Crippen LogP) is 5.25. The number of carboxylic acid groups (broad SMARTS) is 1. The Balaban J connectivity index is 1.46. The molecule has 0 unspecified atom stereocenters. The second-order valence-electron chi connectivity index (χ2n) is 7.09. The van der Waals surface area contributed by atoms with Gasteiger partial charge in [0, 0.05) is 35.7 Å². The molecule has 3 aromatic heterocycles. The number of halogens is 1. The Morgan fingerprint density at radius 2 is 2.16 bits per heavy atom. The van der Waals surface area contributed by atoms with Gasteiger partial charge >= 0.3 is 6.09 Å². The Morgan fingerprint density at radius 1 is 1.26 bits per heavy atom. The fourth-order valence-corrected chi connectivity index (χ4v) is 4.45. The summed E-state index contributed by atoms with van der Waals surface area (Å²) < 4.78 is 0. The summed E-state index contributed by atoms with van der Waals surface area (Å²) in [5.41, 5.74) is 6.27. The summed E-state index contributed by atoms with van der Waals surface area (Å²) in [6.07, 6.45) is 4.98. The first kappa shape index (κ1) is 19.5. The van der Waals surface area contributed by atoms with Crippen LogP contribution in [0.15, 0.2) is 48.4 Å². The highest BCUT2D eigenvalue weighted by atomic mass is 35.5. The lowest BCUT2D eigenvalue weighted by Gasteiger charge is -2.23. The highest BCUT2D eigenvalue weighted by Gasteiger charge is 2.19. The molecular weight excluding hydrogens is 436 g/mol. The molecule has 10 heteroatoms. The van der Waals surface area contributed by atoms with Crippen molar-refractivity contribution in [3.05, 3.63) is 59.1 Å². The Hall–Kier alpha value is -3.43. The monoisotopic (exact) mass is 452 g/mol. The number of aromatic amines is 1.